The predicted octanol–water partition coefficient (Wildman–Crippen LogP) is 5.08. The fourth-order valence-electron chi connectivity index (χ4n) is 5.11. The third-order valence-corrected chi connectivity index (χ3v) is 8.90. The molecule has 0 radical (unpaired) electrons. The van der Waals surface area contributed by atoms with E-state index in [1.54, 1.807) is 35.4 Å². The van der Waals surface area contributed by atoms with Gasteiger partial charge < -0.3 is 14.6 Å². The van der Waals surface area contributed by atoms with Crippen LogP contribution < -0.4 is 4.74 Å². The van der Waals surface area contributed by atoms with Gasteiger partial charge in [-0.2, -0.15) is 5.10 Å². The highest BCUT2D eigenvalue weighted by atomic mass is 32.2. The number of carboxylic acids is 1. The van der Waals surface area contributed by atoms with Gasteiger partial charge in [-0.25, -0.2) is 4.79 Å². The zero-order valence-electron chi connectivity index (χ0n) is 23.3. The number of thiocarbonyl (C=S) groups is 1. The van der Waals surface area contributed by atoms with Crippen LogP contribution in [0.25, 0.3) is 28.1 Å². The van der Waals surface area contributed by atoms with Crippen molar-refractivity contribution >= 4 is 57.2 Å². The molecule has 1 amide bonds. The first-order chi connectivity index (χ1) is 20.9. The molecule has 2 saturated heterocycles. The number of benzene rings is 3. The van der Waals surface area contributed by atoms with E-state index >= 15 is 0 Å². The van der Waals surface area contributed by atoms with Crippen molar-refractivity contribution in [2.45, 2.75) is 6.42 Å². The van der Waals surface area contributed by atoms with Crippen LogP contribution in [0.2, 0.25) is 0 Å². The van der Waals surface area contributed by atoms with Crippen LogP contribution in [0, 0.1) is 0 Å². The van der Waals surface area contributed by atoms with Crippen molar-refractivity contribution in [3.63, 3.8) is 0 Å². The van der Waals surface area contributed by atoms with Gasteiger partial charge in [0, 0.05) is 37.1 Å². The number of carbonyl (C=O) groups is 2. The molecular weight excluding hydrogens is 585 g/mol. The van der Waals surface area contributed by atoms with Gasteiger partial charge in [0.15, 0.2) is 0 Å². The molecule has 0 spiro atoms. The molecule has 2 fully saturated rings. The number of thioether (sulfide) groups is 1. The summed E-state index contributed by atoms with van der Waals surface area (Å²) in [5.41, 5.74) is 4.91. The monoisotopic (exact) mass is 614 g/mol. The summed E-state index contributed by atoms with van der Waals surface area (Å²) in [6.45, 7) is 5.09. The molecule has 4 aromatic rings. The van der Waals surface area contributed by atoms with Crippen LogP contribution in [0.3, 0.4) is 0 Å². The van der Waals surface area contributed by atoms with E-state index in [0.717, 1.165) is 71.8 Å². The molecule has 9 nitrogen and oxygen atoms in total. The summed E-state index contributed by atoms with van der Waals surface area (Å²) >= 11 is 6.84. The number of aromatic amines is 1. The maximum atomic E-state index is 13.3. The number of ether oxygens (including phenoxy) is 2. The molecule has 0 aliphatic carbocycles. The molecule has 11 heteroatoms. The molecule has 220 valence electrons. The van der Waals surface area contributed by atoms with Crippen LogP contribution >= 0.6 is 24.0 Å². The van der Waals surface area contributed by atoms with Crippen LogP contribution in [0.15, 0.2) is 71.8 Å². The Labute approximate surface area is 258 Å². The van der Waals surface area contributed by atoms with Gasteiger partial charge in [-0.3, -0.25) is 19.7 Å². The van der Waals surface area contributed by atoms with Gasteiger partial charge in [-0.05, 0) is 65.6 Å². The second-order valence-corrected chi connectivity index (χ2v) is 12.0. The van der Waals surface area contributed by atoms with E-state index in [2.05, 4.69) is 21.2 Å². The van der Waals surface area contributed by atoms with Crippen LogP contribution in [0.4, 0.5) is 0 Å². The van der Waals surface area contributed by atoms with Crippen molar-refractivity contribution in [3.05, 3.63) is 88.5 Å². The Morgan fingerprint density at radius 2 is 1.91 bits per heavy atom. The molecule has 0 unspecified atom stereocenters. The Morgan fingerprint density at radius 1 is 1.09 bits per heavy atom. The number of fused-ring (bicyclic) bond motifs is 1. The fourth-order valence-corrected chi connectivity index (χ4v) is 6.42. The van der Waals surface area contributed by atoms with Crippen LogP contribution in [0.5, 0.6) is 5.75 Å². The molecular formula is C32H30N4O5S2. The van der Waals surface area contributed by atoms with Crippen molar-refractivity contribution < 1.29 is 24.2 Å². The number of amides is 1. The summed E-state index contributed by atoms with van der Waals surface area (Å²) in [5.74, 6) is -0.328. The second kappa shape index (κ2) is 13.1. The van der Waals surface area contributed by atoms with Gasteiger partial charge in [0.05, 0.1) is 35.4 Å². The summed E-state index contributed by atoms with van der Waals surface area (Å²) in [4.78, 5) is 29.0. The molecule has 3 aromatic carbocycles. The minimum absolute atomic E-state index is 0.135. The third-order valence-electron chi connectivity index (χ3n) is 7.52. The van der Waals surface area contributed by atoms with E-state index in [9.17, 15) is 9.59 Å². The summed E-state index contributed by atoms with van der Waals surface area (Å²) < 4.78 is 12.3. The van der Waals surface area contributed by atoms with Crippen LogP contribution in [-0.4, -0.2) is 87.3 Å². The number of H-pyrrole nitrogens is 1. The number of hydrogen-bond acceptors (Lipinski definition) is 8. The molecule has 2 N–H and O–H groups in total. The van der Waals surface area contributed by atoms with Crippen molar-refractivity contribution in [1.29, 1.82) is 0 Å². The summed E-state index contributed by atoms with van der Waals surface area (Å²) in [6, 6.07) is 18.8. The zero-order chi connectivity index (χ0) is 29.8. The summed E-state index contributed by atoms with van der Waals surface area (Å²) in [7, 11) is 0. The molecule has 43 heavy (non-hydrogen) atoms. The highest BCUT2D eigenvalue weighted by Gasteiger charge is 2.31. The van der Waals surface area contributed by atoms with Gasteiger partial charge in [0.25, 0.3) is 5.91 Å². The number of aromatic carboxylic acids is 1. The Hall–Kier alpha value is -4.03. The Balaban J connectivity index is 1.20. The minimum atomic E-state index is -0.966. The number of carbonyl (C=O) groups excluding carboxylic acids is 1. The average Bonchev–Trinajstić information content (AvgIpc) is 3.60. The molecule has 0 atom stereocenters. The SMILES string of the molecule is O=C(O)c1ccc(CCN2C(=O)/C(=C/c3ccc(OCCN4CCOCC4)c(-c4ccc5[nH]ncc5c4)c3)SC2=S)cc1. The Bertz CT molecular complexity index is 1700. The number of hydrogen-bond donors (Lipinski definition) is 2. The third kappa shape index (κ3) is 6.80. The number of rotatable bonds is 10. The Kier molecular flexibility index (Phi) is 8.85. The summed E-state index contributed by atoms with van der Waals surface area (Å²) in [6.07, 6.45) is 4.24. The smallest absolute Gasteiger partial charge is 0.335 e. The lowest BCUT2D eigenvalue weighted by atomic mass is 10.0. The van der Waals surface area contributed by atoms with Crippen molar-refractivity contribution in [1.82, 2.24) is 20.0 Å². The lowest BCUT2D eigenvalue weighted by molar-refractivity contribution is -0.122. The predicted molar refractivity (Wildman–Crippen MR) is 171 cm³/mol. The average molecular weight is 615 g/mol. The molecule has 3 heterocycles. The van der Waals surface area contributed by atoms with E-state index in [1.165, 1.54) is 11.8 Å². The first kappa shape index (κ1) is 29.1. The van der Waals surface area contributed by atoms with Gasteiger partial charge in [0.1, 0.15) is 16.7 Å². The normalized spacial score (nSPS) is 16.8. The number of carboxylic acid groups (broad SMARTS) is 1. The highest BCUT2D eigenvalue weighted by Crippen LogP contribution is 2.36. The van der Waals surface area contributed by atoms with Gasteiger partial charge >= 0.3 is 5.97 Å². The molecule has 1 aromatic heterocycles. The molecule has 2 aliphatic heterocycles. The number of morpholine rings is 1. The summed E-state index contributed by atoms with van der Waals surface area (Å²) in [5, 5.41) is 17.3. The minimum Gasteiger partial charge on any atom is -0.492 e. The van der Waals surface area contributed by atoms with Crippen molar-refractivity contribution in [3.8, 4) is 16.9 Å². The van der Waals surface area contributed by atoms with Crippen LogP contribution in [0.1, 0.15) is 21.5 Å². The van der Waals surface area contributed by atoms with Gasteiger partial charge in [0.2, 0.25) is 0 Å². The van der Waals surface area contributed by atoms with E-state index in [1.807, 2.05) is 36.4 Å². The molecule has 0 bridgehead atoms. The van der Waals surface area contributed by atoms with E-state index in [-0.39, 0.29) is 11.5 Å². The zero-order valence-corrected chi connectivity index (χ0v) is 25.0. The standard InChI is InChI=1S/C32H30N4O5S2/c37-30-29(43-32(42)36(30)10-9-21-1-4-23(5-2-21)31(38)39)18-22-3-8-28(41-16-13-35-11-14-40-15-12-35)26(17-22)24-6-7-27-25(19-24)20-33-34-27/h1-8,17-20H,9-16H2,(H,33,34)(H,38,39)/b29-18-. The van der Waals surface area contributed by atoms with Crippen LogP contribution in [-0.2, 0) is 16.0 Å². The lowest BCUT2D eigenvalue weighted by Gasteiger charge is -2.26. The number of aromatic nitrogens is 2. The molecule has 0 saturated carbocycles. The fraction of sp³-hybridized carbons (Fsp3) is 0.250. The first-order valence-corrected chi connectivity index (χ1v) is 15.3. The maximum absolute atomic E-state index is 13.3. The maximum Gasteiger partial charge on any atom is 0.335 e. The lowest BCUT2D eigenvalue weighted by Crippen LogP contribution is -2.38. The molecule has 6 rings (SSSR count). The van der Waals surface area contributed by atoms with E-state index in [0.29, 0.717) is 28.8 Å². The second-order valence-electron chi connectivity index (χ2n) is 10.3. The van der Waals surface area contributed by atoms with Crippen molar-refractivity contribution in [2.75, 3.05) is 46.0 Å². The van der Waals surface area contributed by atoms with Gasteiger partial charge in [-0.15, -0.1) is 0 Å². The first-order valence-electron chi connectivity index (χ1n) is 14.0. The number of nitrogens with one attached hydrogen (secondary N) is 1. The van der Waals surface area contributed by atoms with E-state index in [4.69, 9.17) is 26.8 Å². The Morgan fingerprint density at radius 3 is 2.70 bits per heavy atom. The topological polar surface area (TPSA) is 108 Å². The van der Waals surface area contributed by atoms with Crippen molar-refractivity contribution in [2.24, 2.45) is 0 Å². The molecule has 2 aliphatic rings. The van der Waals surface area contributed by atoms with E-state index < -0.39 is 5.97 Å². The quantitative estimate of drug-likeness (QED) is 0.187. The van der Waals surface area contributed by atoms with Gasteiger partial charge in [-0.1, -0.05) is 48.2 Å². The highest BCUT2D eigenvalue weighted by molar-refractivity contribution is 8.26. The largest absolute Gasteiger partial charge is 0.492 e. The number of nitrogens with zero attached hydrogens (tertiary/aromatic N) is 3.